The van der Waals surface area contributed by atoms with Crippen molar-refractivity contribution in [1.82, 2.24) is 4.90 Å². The molecule has 1 saturated heterocycles. The van der Waals surface area contributed by atoms with E-state index >= 15 is 0 Å². The molecule has 1 aliphatic heterocycles. The van der Waals surface area contributed by atoms with E-state index in [4.69, 9.17) is 16.3 Å². The van der Waals surface area contributed by atoms with E-state index in [-0.39, 0.29) is 5.91 Å². The molecule has 3 nitrogen and oxygen atoms in total. The summed E-state index contributed by atoms with van der Waals surface area (Å²) in [7, 11) is 1.67. The number of ether oxygens (including phenoxy) is 1. The molecule has 1 rings (SSSR count). The zero-order valence-corrected chi connectivity index (χ0v) is 8.72. The highest BCUT2D eigenvalue weighted by atomic mass is 35.5. The van der Waals surface area contributed by atoms with Gasteiger partial charge in [-0.25, -0.2) is 0 Å². The smallest absolute Gasteiger partial charge is 0.222 e. The first-order valence-electron chi connectivity index (χ1n) is 4.60. The highest BCUT2D eigenvalue weighted by molar-refractivity contribution is 6.18. The van der Waals surface area contributed by atoms with E-state index < -0.39 is 0 Å². The predicted octanol–water partition coefficient (Wildman–Crippen LogP) is 1.11. The number of likely N-dealkylation sites (tertiary alicyclic amines) is 1. The summed E-state index contributed by atoms with van der Waals surface area (Å²) in [6.45, 7) is 2.35. The van der Waals surface area contributed by atoms with Crippen molar-refractivity contribution < 1.29 is 9.53 Å². The standard InChI is InChI=1S/C9H16ClNO2/c1-13-4-2-3-11-7-8(6-10)5-9(11)12/h8H,2-7H2,1H3. The molecule has 1 unspecified atom stereocenters. The second-order valence-corrected chi connectivity index (χ2v) is 3.72. The first kappa shape index (κ1) is 10.8. The summed E-state index contributed by atoms with van der Waals surface area (Å²) >= 11 is 5.70. The van der Waals surface area contributed by atoms with Crippen LogP contribution in [0.15, 0.2) is 0 Å². The molecule has 1 fully saturated rings. The fourth-order valence-corrected chi connectivity index (χ4v) is 1.78. The van der Waals surface area contributed by atoms with Crippen LogP contribution in [0.1, 0.15) is 12.8 Å². The van der Waals surface area contributed by atoms with Crippen molar-refractivity contribution >= 4 is 17.5 Å². The van der Waals surface area contributed by atoms with Crippen molar-refractivity contribution in [3.8, 4) is 0 Å². The Bertz CT molecular complexity index is 175. The largest absolute Gasteiger partial charge is 0.385 e. The van der Waals surface area contributed by atoms with Gasteiger partial charge in [0.15, 0.2) is 0 Å². The van der Waals surface area contributed by atoms with E-state index in [0.29, 0.717) is 18.2 Å². The minimum absolute atomic E-state index is 0.238. The van der Waals surface area contributed by atoms with Crippen LogP contribution in [0.3, 0.4) is 0 Å². The number of methoxy groups -OCH3 is 1. The second kappa shape index (κ2) is 5.45. The van der Waals surface area contributed by atoms with Gasteiger partial charge in [0.2, 0.25) is 5.91 Å². The summed E-state index contributed by atoms with van der Waals surface area (Å²) in [4.78, 5) is 13.2. The third-order valence-corrected chi connectivity index (χ3v) is 2.73. The van der Waals surface area contributed by atoms with Gasteiger partial charge >= 0.3 is 0 Å². The van der Waals surface area contributed by atoms with Crippen LogP contribution in [0.25, 0.3) is 0 Å². The number of alkyl halides is 1. The van der Waals surface area contributed by atoms with Crippen LogP contribution in [0.2, 0.25) is 0 Å². The van der Waals surface area contributed by atoms with Gasteiger partial charge in [0, 0.05) is 39.1 Å². The SMILES string of the molecule is COCCCN1CC(CCl)CC1=O. The maximum atomic E-state index is 11.4. The van der Waals surface area contributed by atoms with E-state index in [2.05, 4.69) is 0 Å². The lowest BCUT2D eigenvalue weighted by molar-refractivity contribution is -0.127. The van der Waals surface area contributed by atoms with Crippen molar-refractivity contribution in [2.45, 2.75) is 12.8 Å². The predicted molar refractivity (Wildman–Crippen MR) is 51.9 cm³/mol. The molecule has 0 aromatic rings. The third-order valence-electron chi connectivity index (χ3n) is 2.29. The monoisotopic (exact) mass is 205 g/mol. The molecule has 1 aliphatic rings. The lowest BCUT2D eigenvalue weighted by Crippen LogP contribution is -2.27. The average Bonchev–Trinajstić information content (AvgIpc) is 2.48. The van der Waals surface area contributed by atoms with Crippen LogP contribution < -0.4 is 0 Å². The van der Waals surface area contributed by atoms with Gasteiger partial charge in [-0.3, -0.25) is 4.79 Å². The van der Waals surface area contributed by atoms with Gasteiger partial charge in [-0.2, -0.15) is 0 Å². The zero-order valence-electron chi connectivity index (χ0n) is 7.96. The summed E-state index contributed by atoms with van der Waals surface area (Å²) in [5, 5.41) is 0. The first-order chi connectivity index (χ1) is 6.27. The highest BCUT2D eigenvalue weighted by Gasteiger charge is 2.27. The number of hydrogen-bond acceptors (Lipinski definition) is 2. The van der Waals surface area contributed by atoms with E-state index in [0.717, 1.165) is 26.1 Å². The molecule has 0 radical (unpaired) electrons. The molecule has 13 heavy (non-hydrogen) atoms. The molecular formula is C9H16ClNO2. The van der Waals surface area contributed by atoms with Gasteiger partial charge < -0.3 is 9.64 Å². The minimum Gasteiger partial charge on any atom is -0.385 e. The Morgan fingerprint density at radius 2 is 2.46 bits per heavy atom. The Kier molecular flexibility index (Phi) is 4.53. The average molecular weight is 206 g/mol. The fourth-order valence-electron chi connectivity index (χ4n) is 1.57. The number of amides is 1. The third kappa shape index (κ3) is 3.16. The Morgan fingerprint density at radius 3 is 3.00 bits per heavy atom. The van der Waals surface area contributed by atoms with Crippen molar-refractivity contribution in [3.63, 3.8) is 0 Å². The van der Waals surface area contributed by atoms with Crippen LogP contribution in [0.4, 0.5) is 0 Å². The molecule has 1 heterocycles. The Labute approximate surface area is 84.0 Å². The van der Waals surface area contributed by atoms with Crippen LogP contribution in [-0.4, -0.2) is 43.5 Å². The molecule has 0 aromatic heterocycles. The van der Waals surface area contributed by atoms with Crippen LogP contribution in [0.5, 0.6) is 0 Å². The van der Waals surface area contributed by atoms with Crippen molar-refractivity contribution in [3.05, 3.63) is 0 Å². The number of hydrogen-bond donors (Lipinski definition) is 0. The first-order valence-corrected chi connectivity index (χ1v) is 5.14. The summed E-state index contributed by atoms with van der Waals surface area (Å²) in [5.41, 5.74) is 0. The number of halogens is 1. The Balaban J connectivity index is 2.23. The molecule has 1 amide bonds. The van der Waals surface area contributed by atoms with Crippen molar-refractivity contribution in [2.24, 2.45) is 5.92 Å². The van der Waals surface area contributed by atoms with Gasteiger partial charge in [0.1, 0.15) is 0 Å². The Hall–Kier alpha value is -0.280. The second-order valence-electron chi connectivity index (χ2n) is 3.41. The van der Waals surface area contributed by atoms with E-state index in [1.165, 1.54) is 0 Å². The van der Waals surface area contributed by atoms with E-state index in [1.54, 1.807) is 7.11 Å². The Morgan fingerprint density at radius 1 is 1.69 bits per heavy atom. The summed E-state index contributed by atoms with van der Waals surface area (Å²) < 4.78 is 4.93. The molecule has 0 saturated carbocycles. The number of nitrogens with zero attached hydrogens (tertiary/aromatic N) is 1. The molecular weight excluding hydrogens is 190 g/mol. The van der Waals surface area contributed by atoms with Crippen LogP contribution in [-0.2, 0) is 9.53 Å². The van der Waals surface area contributed by atoms with Gasteiger partial charge in [-0.15, -0.1) is 11.6 Å². The van der Waals surface area contributed by atoms with E-state index in [1.807, 2.05) is 4.90 Å². The number of rotatable bonds is 5. The minimum atomic E-state index is 0.238. The lowest BCUT2D eigenvalue weighted by atomic mass is 10.1. The van der Waals surface area contributed by atoms with Crippen LogP contribution in [0, 0.1) is 5.92 Å². The van der Waals surface area contributed by atoms with Gasteiger partial charge in [0.05, 0.1) is 0 Å². The summed E-state index contributed by atoms with van der Waals surface area (Å²) in [6, 6.07) is 0. The maximum absolute atomic E-state index is 11.4. The van der Waals surface area contributed by atoms with Crippen LogP contribution >= 0.6 is 11.6 Å². The molecule has 0 spiro atoms. The van der Waals surface area contributed by atoms with Crippen molar-refractivity contribution in [1.29, 1.82) is 0 Å². The van der Waals surface area contributed by atoms with Gasteiger partial charge in [0.25, 0.3) is 0 Å². The molecule has 1 atom stereocenters. The zero-order chi connectivity index (χ0) is 9.68. The molecule has 4 heteroatoms. The molecule has 0 N–H and O–H groups in total. The lowest BCUT2D eigenvalue weighted by Gasteiger charge is -2.15. The summed E-state index contributed by atoms with van der Waals surface area (Å²) in [6.07, 6.45) is 1.54. The maximum Gasteiger partial charge on any atom is 0.222 e. The van der Waals surface area contributed by atoms with E-state index in [9.17, 15) is 4.79 Å². The summed E-state index contributed by atoms with van der Waals surface area (Å²) in [5.74, 6) is 1.19. The number of carbonyl (C=O) groups is 1. The van der Waals surface area contributed by atoms with Gasteiger partial charge in [-0.05, 0) is 12.3 Å². The molecule has 0 bridgehead atoms. The highest BCUT2D eigenvalue weighted by Crippen LogP contribution is 2.18. The number of carbonyl (C=O) groups excluding carboxylic acids is 1. The fraction of sp³-hybridized carbons (Fsp3) is 0.889. The van der Waals surface area contributed by atoms with Gasteiger partial charge in [-0.1, -0.05) is 0 Å². The molecule has 0 aromatic carbocycles. The quantitative estimate of drug-likeness (QED) is 0.497. The normalized spacial score (nSPS) is 22.8. The van der Waals surface area contributed by atoms with Crippen molar-refractivity contribution in [2.75, 3.05) is 32.7 Å². The topological polar surface area (TPSA) is 29.5 Å². The molecule has 0 aliphatic carbocycles. The molecule has 76 valence electrons.